The molecule has 3 rings (SSSR count). The van der Waals surface area contributed by atoms with Gasteiger partial charge in [-0.3, -0.25) is 9.78 Å². The van der Waals surface area contributed by atoms with Crippen LogP contribution >= 0.6 is 0 Å². The first-order valence-electron chi connectivity index (χ1n) is 7.98. The summed E-state index contributed by atoms with van der Waals surface area (Å²) in [7, 11) is 0. The summed E-state index contributed by atoms with van der Waals surface area (Å²) >= 11 is 0. The van der Waals surface area contributed by atoms with Gasteiger partial charge in [-0.15, -0.1) is 0 Å². The van der Waals surface area contributed by atoms with E-state index in [1.807, 2.05) is 50.2 Å². The van der Waals surface area contributed by atoms with E-state index in [4.69, 9.17) is 0 Å². The molecule has 0 saturated carbocycles. The second kappa shape index (κ2) is 7.53. The number of hydrogen-bond donors (Lipinski definition) is 2. The van der Waals surface area contributed by atoms with Crippen molar-refractivity contribution in [2.45, 2.75) is 20.4 Å². The number of carbonyl (C=O) groups is 1. The van der Waals surface area contributed by atoms with Crippen LogP contribution in [0.25, 0.3) is 0 Å². The maximum Gasteiger partial charge on any atom is 0.270 e. The molecule has 6 nitrogen and oxygen atoms in total. The maximum absolute atomic E-state index is 12.3. The standard InChI is InChI=1S/C19H19N5O/c1-13-6-5-7-14(2)17(13)24-19-21-11-9-16(23-19)18(25)22-12-15-8-3-4-10-20-15/h3-11H,12H2,1-2H3,(H,22,25)(H,21,23,24). The first kappa shape index (κ1) is 16.6. The Kier molecular flexibility index (Phi) is 4.99. The van der Waals surface area contributed by atoms with Gasteiger partial charge in [-0.25, -0.2) is 9.97 Å². The lowest BCUT2D eigenvalue weighted by atomic mass is 10.1. The van der Waals surface area contributed by atoms with Crippen LogP contribution in [0.3, 0.4) is 0 Å². The van der Waals surface area contributed by atoms with Gasteiger partial charge in [-0.2, -0.15) is 0 Å². The number of benzene rings is 1. The number of pyridine rings is 1. The molecule has 0 radical (unpaired) electrons. The zero-order valence-electron chi connectivity index (χ0n) is 14.2. The minimum absolute atomic E-state index is 0.266. The largest absolute Gasteiger partial charge is 0.345 e. The molecule has 0 unspecified atom stereocenters. The molecule has 0 bridgehead atoms. The molecule has 6 heteroatoms. The Hall–Kier alpha value is -3.28. The highest BCUT2D eigenvalue weighted by Crippen LogP contribution is 2.22. The number of anilines is 2. The monoisotopic (exact) mass is 333 g/mol. The van der Waals surface area contributed by atoms with Gasteiger partial charge in [0.15, 0.2) is 0 Å². The minimum atomic E-state index is -0.266. The molecule has 2 N–H and O–H groups in total. The van der Waals surface area contributed by atoms with Crippen LogP contribution in [-0.2, 0) is 6.54 Å². The molecule has 0 aliphatic rings. The Balaban J connectivity index is 1.72. The van der Waals surface area contributed by atoms with Gasteiger partial charge in [0.1, 0.15) is 5.69 Å². The number of rotatable bonds is 5. The lowest BCUT2D eigenvalue weighted by molar-refractivity contribution is 0.0945. The zero-order chi connectivity index (χ0) is 17.6. The summed E-state index contributed by atoms with van der Waals surface area (Å²) in [4.78, 5) is 25.0. The SMILES string of the molecule is Cc1cccc(C)c1Nc1nccc(C(=O)NCc2ccccn2)n1. The normalized spacial score (nSPS) is 10.3. The molecule has 2 aromatic heterocycles. The van der Waals surface area contributed by atoms with Crippen LogP contribution < -0.4 is 10.6 Å². The van der Waals surface area contributed by atoms with E-state index in [1.54, 1.807) is 18.5 Å². The van der Waals surface area contributed by atoms with E-state index in [2.05, 4.69) is 25.6 Å². The summed E-state index contributed by atoms with van der Waals surface area (Å²) in [6.07, 6.45) is 3.26. The summed E-state index contributed by atoms with van der Waals surface area (Å²) < 4.78 is 0. The Bertz CT molecular complexity index is 860. The Morgan fingerprint density at radius 3 is 2.48 bits per heavy atom. The lowest BCUT2D eigenvalue weighted by Crippen LogP contribution is -2.24. The summed E-state index contributed by atoms with van der Waals surface area (Å²) in [5, 5.41) is 6.00. The number of nitrogens with zero attached hydrogens (tertiary/aromatic N) is 3. The fraction of sp³-hybridized carbons (Fsp3) is 0.158. The summed E-state index contributed by atoms with van der Waals surface area (Å²) in [5.41, 5.74) is 4.23. The molecule has 0 saturated heterocycles. The molecule has 25 heavy (non-hydrogen) atoms. The maximum atomic E-state index is 12.3. The van der Waals surface area contributed by atoms with Crippen molar-refractivity contribution in [2.75, 3.05) is 5.32 Å². The Morgan fingerprint density at radius 2 is 1.76 bits per heavy atom. The first-order chi connectivity index (χ1) is 12.1. The van der Waals surface area contributed by atoms with Crippen LogP contribution in [0, 0.1) is 13.8 Å². The molecule has 0 fully saturated rings. The van der Waals surface area contributed by atoms with Gasteiger partial charge in [0, 0.05) is 18.1 Å². The molecule has 0 aliphatic carbocycles. The van der Waals surface area contributed by atoms with Crippen molar-refractivity contribution in [1.29, 1.82) is 0 Å². The number of para-hydroxylation sites is 1. The number of nitrogens with one attached hydrogen (secondary N) is 2. The van der Waals surface area contributed by atoms with E-state index in [0.29, 0.717) is 18.2 Å². The second-order valence-corrected chi connectivity index (χ2v) is 5.66. The van der Waals surface area contributed by atoms with Crippen molar-refractivity contribution in [2.24, 2.45) is 0 Å². The average molecular weight is 333 g/mol. The highest BCUT2D eigenvalue weighted by Gasteiger charge is 2.10. The number of aromatic nitrogens is 3. The van der Waals surface area contributed by atoms with E-state index in [-0.39, 0.29) is 5.91 Å². The Morgan fingerprint density at radius 1 is 0.960 bits per heavy atom. The topological polar surface area (TPSA) is 79.8 Å². The van der Waals surface area contributed by atoms with Crippen molar-refractivity contribution < 1.29 is 4.79 Å². The van der Waals surface area contributed by atoms with Gasteiger partial charge >= 0.3 is 0 Å². The number of amides is 1. The van der Waals surface area contributed by atoms with E-state index in [9.17, 15) is 4.79 Å². The second-order valence-electron chi connectivity index (χ2n) is 5.66. The van der Waals surface area contributed by atoms with Crippen LogP contribution in [0.15, 0.2) is 54.9 Å². The number of carbonyl (C=O) groups excluding carboxylic acids is 1. The predicted molar refractivity (Wildman–Crippen MR) is 96.6 cm³/mol. The summed E-state index contributed by atoms with van der Waals surface area (Å²) in [6.45, 7) is 4.38. The van der Waals surface area contributed by atoms with Crippen LogP contribution in [0.5, 0.6) is 0 Å². The smallest absolute Gasteiger partial charge is 0.270 e. The molecule has 0 aliphatic heterocycles. The van der Waals surface area contributed by atoms with Gasteiger partial charge in [-0.1, -0.05) is 24.3 Å². The minimum Gasteiger partial charge on any atom is -0.345 e. The molecular weight excluding hydrogens is 314 g/mol. The highest BCUT2D eigenvalue weighted by atomic mass is 16.1. The molecule has 3 aromatic rings. The molecule has 0 atom stereocenters. The third-order valence-electron chi connectivity index (χ3n) is 3.76. The predicted octanol–water partition coefficient (Wildman–Crippen LogP) is 3.16. The third-order valence-corrected chi connectivity index (χ3v) is 3.76. The molecular formula is C19H19N5O. The van der Waals surface area contributed by atoms with Gasteiger partial charge < -0.3 is 10.6 Å². The van der Waals surface area contributed by atoms with E-state index in [1.165, 1.54) is 0 Å². The molecule has 126 valence electrons. The van der Waals surface area contributed by atoms with Crippen molar-refractivity contribution in [3.63, 3.8) is 0 Å². The van der Waals surface area contributed by atoms with Crippen LogP contribution in [0.2, 0.25) is 0 Å². The molecule has 0 spiro atoms. The molecule has 1 aromatic carbocycles. The van der Waals surface area contributed by atoms with Crippen molar-refractivity contribution in [3.05, 3.63) is 77.4 Å². The van der Waals surface area contributed by atoms with Crippen LogP contribution in [-0.4, -0.2) is 20.9 Å². The van der Waals surface area contributed by atoms with Gasteiger partial charge in [-0.05, 0) is 43.2 Å². The molecule has 1 amide bonds. The van der Waals surface area contributed by atoms with Crippen LogP contribution in [0.4, 0.5) is 11.6 Å². The average Bonchev–Trinajstić information content (AvgIpc) is 2.64. The van der Waals surface area contributed by atoms with Gasteiger partial charge in [0.25, 0.3) is 5.91 Å². The zero-order valence-corrected chi connectivity index (χ0v) is 14.2. The van der Waals surface area contributed by atoms with Crippen molar-refractivity contribution in [1.82, 2.24) is 20.3 Å². The quantitative estimate of drug-likeness (QED) is 0.750. The summed E-state index contributed by atoms with van der Waals surface area (Å²) in [6, 6.07) is 13.2. The fourth-order valence-corrected chi connectivity index (χ4v) is 2.43. The van der Waals surface area contributed by atoms with E-state index in [0.717, 1.165) is 22.5 Å². The number of hydrogen-bond acceptors (Lipinski definition) is 5. The lowest BCUT2D eigenvalue weighted by Gasteiger charge is -2.11. The fourth-order valence-electron chi connectivity index (χ4n) is 2.43. The summed E-state index contributed by atoms with van der Waals surface area (Å²) in [5.74, 6) is 0.125. The number of aryl methyl sites for hydroxylation is 2. The van der Waals surface area contributed by atoms with E-state index >= 15 is 0 Å². The van der Waals surface area contributed by atoms with Crippen LogP contribution in [0.1, 0.15) is 27.3 Å². The highest BCUT2D eigenvalue weighted by molar-refractivity contribution is 5.92. The van der Waals surface area contributed by atoms with Gasteiger partial charge in [0.2, 0.25) is 5.95 Å². The molecule has 2 heterocycles. The van der Waals surface area contributed by atoms with Crippen molar-refractivity contribution >= 4 is 17.5 Å². The first-order valence-corrected chi connectivity index (χ1v) is 7.98. The van der Waals surface area contributed by atoms with Gasteiger partial charge in [0.05, 0.1) is 12.2 Å². The van der Waals surface area contributed by atoms with Crippen molar-refractivity contribution in [3.8, 4) is 0 Å². The third kappa shape index (κ3) is 4.17. The Labute approximate surface area is 146 Å². The van der Waals surface area contributed by atoms with E-state index < -0.39 is 0 Å².